The summed E-state index contributed by atoms with van der Waals surface area (Å²) in [6.45, 7) is 4.29. The molecule has 0 radical (unpaired) electrons. The second kappa shape index (κ2) is 5.93. The molecule has 1 saturated heterocycles. The van der Waals surface area contributed by atoms with Crippen molar-refractivity contribution in [1.82, 2.24) is 0 Å². The van der Waals surface area contributed by atoms with Gasteiger partial charge in [0.15, 0.2) is 11.7 Å². The Labute approximate surface area is 130 Å². The van der Waals surface area contributed by atoms with E-state index < -0.39 is 11.7 Å². The highest BCUT2D eigenvalue weighted by molar-refractivity contribution is 5.81. The van der Waals surface area contributed by atoms with E-state index >= 15 is 0 Å². The molecule has 1 fully saturated rings. The fraction of sp³-hybridized carbons (Fsp3) is 0.316. The molecule has 0 aliphatic carbocycles. The first-order chi connectivity index (χ1) is 10.7. The molecule has 0 saturated carbocycles. The molecule has 0 bridgehead atoms. The first-order valence-electron chi connectivity index (χ1n) is 7.71. The van der Waals surface area contributed by atoms with Crippen LogP contribution in [0, 0.1) is 0 Å². The molecule has 22 heavy (non-hydrogen) atoms. The van der Waals surface area contributed by atoms with Crippen molar-refractivity contribution in [3.05, 3.63) is 71.3 Å². The molecule has 0 amide bonds. The van der Waals surface area contributed by atoms with Gasteiger partial charge in [-0.05, 0) is 30.0 Å². The van der Waals surface area contributed by atoms with Crippen LogP contribution >= 0.6 is 0 Å². The molecule has 0 N–H and O–H groups in total. The van der Waals surface area contributed by atoms with Crippen molar-refractivity contribution in [3.63, 3.8) is 0 Å². The standard InChI is InChI=1S/C19H20O3/c1-3-14-10-12-16(13-11-14)19(15-8-6-5-7-9-15)17(22-19)18(20)21-4-2/h5-13,17H,3-4H2,1-2H3. The van der Waals surface area contributed by atoms with Crippen molar-refractivity contribution in [2.24, 2.45) is 0 Å². The lowest BCUT2D eigenvalue weighted by molar-refractivity contribution is -0.144. The quantitative estimate of drug-likeness (QED) is 0.626. The number of carbonyl (C=O) groups is 1. The molecule has 3 rings (SSSR count). The summed E-state index contributed by atoms with van der Waals surface area (Å²) in [6.07, 6.45) is 0.420. The van der Waals surface area contributed by atoms with Gasteiger partial charge in [-0.15, -0.1) is 0 Å². The Balaban J connectivity index is 2.00. The smallest absolute Gasteiger partial charge is 0.339 e. The van der Waals surface area contributed by atoms with E-state index in [4.69, 9.17) is 9.47 Å². The largest absolute Gasteiger partial charge is 0.464 e. The first kappa shape index (κ1) is 14.8. The zero-order valence-corrected chi connectivity index (χ0v) is 12.9. The molecular weight excluding hydrogens is 276 g/mol. The van der Waals surface area contributed by atoms with Crippen LogP contribution in [0.1, 0.15) is 30.5 Å². The summed E-state index contributed by atoms with van der Waals surface area (Å²) < 4.78 is 11.0. The van der Waals surface area contributed by atoms with Gasteiger partial charge in [0.25, 0.3) is 0 Å². The number of hydrogen-bond acceptors (Lipinski definition) is 3. The summed E-state index contributed by atoms with van der Waals surface area (Å²) in [6, 6.07) is 18.1. The maximum absolute atomic E-state index is 12.1. The van der Waals surface area contributed by atoms with Gasteiger partial charge in [-0.25, -0.2) is 4.79 Å². The van der Waals surface area contributed by atoms with Crippen LogP contribution in [0.15, 0.2) is 54.6 Å². The Hall–Kier alpha value is -2.13. The maximum Gasteiger partial charge on any atom is 0.339 e. The van der Waals surface area contributed by atoms with Crippen LogP contribution in [-0.4, -0.2) is 18.7 Å². The lowest BCUT2D eigenvalue weighted by atomic mass is 9.87. The summed E-state index contributed by atoms with van der Waals surface area (Å²) in [7, 11) is 0. The van der Waals surface area contributed by atoms with Gasteiger partial charge < -0.3 is 9.47 Å². The molecule has 1 heterocycles. The van der Waals surface area contributed by atoms with Crippen molar-refractivity contribution in [3.8, 4) is 0 Å². The SMILES string of the molecule is CCOC(=O)C1OC1(c1ccccc1)c1ccc(CC)cc1. The van der Waals surface area contributed by atoms with Crippen LogP contribution < -0.4 is 0 Å². The van der Waals surface area contributed by atoms with Crippen LogP contribution in [-0.2, 0) is 26.3 Å². The zero-order chi connectivity index (χ0) is 15.6. The van der Waals surface area contributed by atoms with Gasteiger partial charge in [-0.1, -0.05) is 61.5 Å². The summed E-state index contributed by atoms with van der Waals surface area (Å²) in [5, 5.41) is 0. The van der Waals surface area contributed by atoms with Gasteiger partial charge in [0.05, 0.1) is 6.61 Å². The molecule has 0 aromatic heterocycles. The first-order valence-corrected chi connectivity index (χ1v) is 7.71. The Morgan fingerprint density at radius 2 is 1.68 bits per heavy atom. The molecule has 2 atom stereocenters. The van der Waals surface area contributed by atoms with Crippen molar-refractivity contribution in [2.45, 2.75) is 32.0 Å². The van der Waals surface area contributed by atoms with Crippen LogP contribution in [0.5, 0.6) is 0 Å². The fourth-order valence-electron chi connectivity index (χ4n) is 2.86. The fourth-order valence-corrected chi connectivity index (χ4v) is 2.86. The van der Waals surface area contributed by atoms with Crippen LogP contribution in [0.25, 0.3) is 0 Å². The third-order valence-electron chi connectivity index (χ3n) is 4.11. The van der Waals surface area contributed by atoms with Crippen LogP contribution in [0.3, 0.4) is 0 Å². The lowest BCUT2D eigenvalue weighted by Crippen LogP contribution is -2.22. The molecule has 1 aliphatic rings. The highest BCUT2D eigenvalue weighted by Gasteiger charge is 2.64. The number of ether oxygens (including phenoxy) is 2. The molecule has 3 nitrogen and oxygen atoms in total. The van der Waals surface area contributed by atoms with Gasteiger partial charge >= 0.3 is 5.97 Å². The molecule has 3 heteroatoms. The summed E-state index contributed by atoms with van der Waals surface area (Å²) >= 11 is 0. The maximum atomic E-state index is 12.1. The highest BCUT2D eigenvalue weighted by atomic mass is 16.7. The number of hydrogen-bond donors (Lipinski definition) is 0. The molecule has 114 valence electrons. The van der Waals surface area contributed by atoms with Gasteiger partial charge in [0.1, 0.15) is 0 Å². The van der Waals surface area contributed by atoms with Crippen molar-refractivity contribution < 1.29 is 14.3 Å². The minimum Gasteiger partial charge on any atom is -0.464 e. The molecular formula is C19H20O3. The number of epoxide rings is 1. The van der Waals surface area contributed by atoms with E-state index in [0.717, 1.165) is 17.5 Å². The van der Waals surface area contributed by atoms with E-state index in [2.05, 4.69) is 19.1 Å². The molecule has 2 unspecified atom stereocenters. The third-order valence-corrected chi connectivity index (χ3v) is 4.11. The van der Waals surface area contributed by atoms with Crippen molar-refractivity contribution in [2.75, 3.05) is 6.61 Å². The molecule has 2 aromatic carbocycles. The molecule has 1 aliphatic heterocycles. The Bertz CT molecular complexity index is 648. The Morgan fingerprint density at radius 1 is 1.05 bits per heavy atom. The van der Waals surface area contributed by atoms with Crippen molar-refractivity contribution in [1.29, 1.82) is 0 Å². The monoisotopic (exact) mass is 296 g/mol. The van der Waals surface area contributed by atoms with E-state index in [1.54, 1.807) is 6.92 Å². The summed E-state index contributed by atoms with van der Waals surface area (Å²) in [5.74, 6) is -0.300. The second-order valence-corrected chi connectivity index (χ2v) is 5.40. The number of carbonyl (C=O) groups excluding carboxylic acids is 1. The zero-order valence-electron chi connectivity index (χ0n) is 12.9. The van der Waals surface area contributed by atoms with Gasteiger partial charge in [-0.2, -0.15) is 0 Å². The Kier molecular flexibility index (Phi) is 3.99. The highest BCUT2D eigenvalue weighted by Crippen LogP contribution is 2.52. The minimum atomic E-state index is -0.709. The number of benzene rings is 2. The predicted octanol–water partition coefficient (Wildman–Crippen LogP) is 3.45. The van der Waals surface area contributed by atoms with Crippen LogP contribution in [0.2, 0.25) is 0 Å². The van der Waals surface area contributed by atoms with Gasteiger partial charge in [0.2, 0.25) is 0 Å². The van der Waals surface area contributed by atoms with Gasteiger partial charge in [-0.3, -0.25) is 0 Å². The van der Waals surface area contributed by atoms with Crippen LogP contribution in [0.4, 0.5) is 0 Å². The minimum absolute atomic E-state index is 0.300. The Morgan fingerprint density at radius 3 is 2.27 bits per heavy atom. The number of aryl methyl sites for hydroxylation is 1. The van der Waals surface area contributed by atoms with E-state index in [9.17, 15) is 4.79 Å². The second-order valence-electron chi connectivity index (χ2n) is 5.40. The topological polar surface area (TPSA) is 38.8 Å². The third kappa shape index (κ3) is 2.42. The van der Waals surface area contributed by atoms with E-state index in [1.807, 2.05) is 42.5 Å². The average molecular weight is 296 g/mol. The van der Waals surface area contributed by atoms with E-state index in [-0.39, 0.29) is 5.97 Å². The van der Waals surface area contributed by atoms with Crippen molar-refractivity contribution >= 4 is 5.97 Å². The molecule has 2 aromatic rings. The molecule has 0 spiro atoms. The normalized spacial score (nSPS) is 23.1. The van der Waals surface area contributed by atoms with Gasteiger partial charge in [0, 0.05) is 0 Å². The summed E-state index contributed by atoms with van der Waals surface area (Å²) in [5.41, 5.74) is 2.53. The lowest BCUT2D eigenvalue weighted by Gasteiger charge is -2.14. The summed E-state index contributed by atoms with van der Waals surface area (Å²) in [4.78, 5) is 12.1. The average Bonchev–Trinajstić information content (AvgIpc) is 3.33. The van der Waals surface area contributed by atoms with E-state index in [0.29, 0.717) is 6.61 Å². The number of esters is 1. The predicted molar refractivity (Wildman–Crippen MR) is 84.5 cm³/mol. The number of rotatable bonds is 5. The van der Waals surface area contributed by atoms with E-state index in [1.165, 1.54) is 5.56 Å².